The molecule has 86 valence electrons. The van der Waals surface area contributed by atoms with Gasteiger partial charge in [-0.05, 0) is 6.07 Å². The predicted molar refractivity (Wildman–Crippen MR) is 59.5 cm³/mol. The molecule has 3 rings (SSSR count). The van der Waals surface area contributed by atoms with E-state index in [9.17, 15) is 0 Å². The van der Waals surface area contributed by atoms with Crippen LogP contribution in [0.1, 0.15) is 5.82 Å². The quantitative estimate of drug-likeness (QED) is 0.712. The van der Waals surface area contributed by atoms with Gasteiger partial charge in [-0.15, -0.1) is 0 Å². The molecule has 7 nitrogen and oxygen atoms in total. The summed E-state index contributed by atoms with van der Waals surface area (Å²) in [6.07, 6.45) is 5.60. The molecule has 0 atom stereocenters. The van der Waals surface area contributed by atoms with Crippen molar-refractivity contribution in [3.63, 3.8) is 0 Å². The maximum absolute atomic E-state index is 4.65. The summed E-state index contributed by atoms with van der Waals surface area (Å²) in [7, 11) is 0. The van der Waals surface area contributed by atoms with Crippen LogP contribution in [0.5, 0.6) is 0 Å². The second kappa shape index (κ2) is 4.20. The third-order valence-electron chi connectivity index (χ3n) is 2.32. The molecule has 0 aliphatic heterocycles. The monoisotopic (exact) mass is 230 g/mol. The Labute approximate surface area is 96.5 Å². The fraction of sp³-hybridized carbons (Fsp3) is 0.200. The predicted octanol–water partition coefficient (Wildman–Crippen LogP) is 0.767. The van der Waals surface area contributed by atoms with Gasteiger partial charge in [-0.25, -0.2) is 9.50 Å². The molecule has 0 spiro atoms. The van der Waals surface area contributed by atoms with E-state index in [0.29, 0.717) is 18.8 Å². The molecule has 17 heavy (non-hydrogen) atoms. The zero-order valence-corrected chi connectivity index (χ0v) is 8.95. The average Bonchev–Trinajstić information content (AvgIpc) is 2.98. The van der Waals surface area contributed by atoms with E-state index < -0.39 is 0 Å². The van der Waals surface area contributed by atoms with Crippen molar-refractivity contribution in [3.8, 4) is 0 Å². The summed E-state index contributed by atoms with van der Waals surface area (Å²) in [5, 5.41) is 11.0. The van der Waals surface area contributed by atoms with Gasteiger partial charge in [-0.2, -0.15) is 10.1 Å². The normalized spacial score (nSPS) is 10.8. The minimum absolute atomic E-state index is 0.683. The molecule has 0 aliphatic rings. The number of nitrogens with one attached hydrogen (secondary N) is 1. The molecule has 0 aliphatic carbocycles. The van der Waals surface area contributed by atoms with Gasteiger partial charge in [0.05, 0.1) is 6.20 Å². The Morgan fingerprint density at radius 1 is 1.35 bits per heavy atom. The standard InChI is InChI=1S/C10H10N6O/c1(9-12-7-17-15-9)4-11-8-3-6-16-10(14-8)2-5-13-16/h2-3,5-7H,1,4H2,(H,11,14). The number of hydrogen-bond donors (Lipinski definition) is 1. The third-order valence-corrected chi connectivity index (χ3v) is 2.32. The second-order valence-electron chi connectivity index (χ2n) is 3.47. The Morgan fingerprint density at radius 2 is 2.35 bits per heavy atom. The number of rotatable bonds is 4. The van der Waals surface area contributed by atoms with Gasteiger partial charge >= 0.3 is 0 Å². The number of aromatic nitrogens is 5. The van der Waals surface area contributed by atoms with Crippen molar-refractivity contribution in [2.75, 3.05) is 11.9 Å². The van der Waals surface area contributed by atoms with Crippen LogP contribution in [0, 0.1) is 0 Å². The molecule has 0 saturated carbocycles. The largest absolute Gasteiger partial charge is 0.369 e. The highest BCUT2D eigenvalue weighted by Crippen LogP contribution is 2.05. The zero-order chi connectivity index (χ0) is 11.5. The molecule has 1 N–H and O–H groups in total. The number of hydrogen-bond acceptors (Lipinski definition) is 6. The van der Waals surface area contributed by atoms with E-state index >= 15 is 0 Å². The van der Waals surface area contributed by atoms with Crippen LogP contribution in [0.25, 0.3) is 5.65 Å². The van der Waals surface area contributed by atoms with Crippen LogP contribution in [0.2, 0.25) is 0 Å². The molecule has 0 bridgehead atoms. The molecule has 0 aromatic carbocycles. The van der Waals surface area contributed by atoms with Gasteiger partial charge in [-0.3, -0.25) is 0 Å². The lowest BCUT2D eigenvalue weighted by Gasteiger charge is -2.03. The highest BCUT2D eigenvalue weighted by Gasteiger charge is 2.00. The van der Waals surface area contributed by atoms with Crippen molar-refractivity contribution in [2.45, 2.75) is 6.42 Å². The summed E-state index contributed by atoms with van der Waals surface area (Å²) in [6.45, 7) is 0.705. The Morgan fingerprint density at radius 3 is 3.24 bits per heavy atom. The lowest BCUT2D eigenvalue weighted by atomic mass is 10.4. The summed E-state index contributed by atoms with van der Waals surface area (Å²) >= 11 is 0. The fourth-order valence-corrected chi connectivity index (χ4v) is 1.52. The lowest BCUT2D eigenvalue weighted by molar-refractivity contribution is 0.410. The molecule has 0 amide bonds. The highest BCUT2D eigenvalue weighted by molar-refractivity contribution is 5.45. The SMILES string of the molecule is c1cc2nc(NCCc3ncon3)ccn2n1. The second-order valence-corrected chi connectivity index (χ2v) is 3.47. The minimum Gasteiger partial charge on any atom is -0.369 e. The molecule has 0 fully saturated rings. The van der Waals surface area contributed by atoms with E-state index in [-0.39, 0.29) is 0 Å². The van der Waals surface area contributed by atoms with Crippen molar-refractivity contribution >= 4 is 11.5 Å². The van der Waals surface area contributed by atoms with E-state index in [2.05, 4.69) is 30.1 Å². The molecular weight excluding hydrogens is 220 g/mol. The third kappa shape index (κ3) is 2.07. The van der Waals surface area contributed by atoms with Crippen LogP contribution in [-0.4, -0.2) is 31.3 Å². The first-order valence-electron chi connectivity index (χ1n) is 5.21. The number of nitrogens with zero attached hydrogens (tertiary/aromatic N) is 5. The Hall–Kier alpha value is -2.44. The molecule has 7 heteroatoms. The lowest BCUT2D eigenvalue weighted by Crippen LogP contribution is -2.07. The molecule has 3 aromatic heterocycles. The Bertz CT molecular complexity index is 602. The summed E-state index contributed by atoms with van der Waals surface area (Å²) in [6, 6.07) is 3.72. The van der Waals surface area contributed by atoms with Gasteiger partial charge in [0.15, 0.2) is 11.5 Å². The van der Waals surface area contributed by atoms with Crippen LogP contribution >= 0.6 is 0 Å². The molecule has 0 unspecified atom stereocenters. The summed E-state index contributed by atoms with van der Waals surface area (Å²) in [5.74, 6) is 1.49. The Kier molecular flexibility index (Phi) is 2.41. The average molecular weight is 230 g/mol. The van der Waals surface area contributed by atoms with Gasteiger partial charge in [0, 0.05) is 25.2 Å². The Balaban J connectivity index is 1.64. The first kappa shape index (κ1) is 9.76. The summed E-state index contributed by atoms with van der Waals surface area (Å²) in [5.41, 5.74) is 0.814. The van der Waals surface area contributed by atoms with Gasteiger partial charge in [0.25, 0.3) is 0 Å². The highest BCUT2D eigenvalue weighted by atomic mass is 16.5. The van der Waals surface area contributed by atoms with Gasteiger partial charge in [0.1, 0.15) is 5.82 Å². The van der Waals surface area contributed by atoms with Crippen molar-refractivity contribution in [1.82, 2.24) is 24.7 Å². The van der Waals surface area contributed by atoms with E-state index in [0.717, 1.165) is 11.5 Å². The smallest absolute Gasteiger partial charge is 0.213 e. The topological polar surface area (TPSA) is 81.1 Å². The van der Waals surface area contributed by atoms with Crippen molar-refractivity contribution in [3.05, 3.63) is 36.7 Å². The minimum atomic E-state index is 0.683. The fourth-order valence-electron chi connectivity index (χ4n) is 1.52. The first-order chi connectivity index (χ1) is 8.42. The van der Waals surface area contributed by atoms with Crippen molar-refractivity contribution < 1.29 is 4.52 Å². The van der Waals surface area contributed by atoms with Gasteiger partial charge in [-0.1, -0.05) is 5.16 Å². The van der Waals surface area contributed by atoms with Crippen molar-refractivity contribution in [1.29, 1.82) is 0 Å². The van der Waals surface area contributed by atoms with Crippen LogP contribution in [0.4, 0.5) is 5.82 Å². The maximum Gasteiger partial charge on any atom is 0.213 e. The van der Waals surface area contributed by atoms with Gasteiger partial charge in [0.2, 0.25) is 6.39 Å². The van der Waals surface area contributed by atoms with Crippen LogP contribution in [-0.2, 0) is 6.42 Å². The zero-order valence-electron chi connectivity index (χ0n) is 8.95. The van der Waals surface area contributed by atoms with Crippen molar-refractivity contribution in [2.24, 2.45) is 0 Å². The summed E-state index contributed by atoms with van der Waals surface area (Å²) < 4.78 is 6.36. The van der Waals surface area contributed by atoms with Gasteiger partial charge < -0.3 is 9.84 Å². The van der Waals surface area contributed by atoms with Crippen LogP contribution < -0.4 is 5.32 Å². The molecule has 3 heterocycles. The van der Waals surface area contributed by atoms with E-state index in [1.54, 1.807) is 10.7 Å². The van der Waals surface area contributed by atoms with Crippen LogP contribution in [0.15, 0.2) is 35.4 Å². The molecule has 0 radical (unpaired) electrons. The maximum atomic E-state index is 4.65. The van der Waals surface area contributed by atoms with E-state index in [1.165, 1.54) is 6.39 Å². The molecule has 3 aromatic rings. The first-order valence-corrected chi connectivity index (χ1v) is 5.21. The summed E-state index contributed by atoms with van der Waals surface area (Å²) in [4.78, 5) is 8.32. The molecule has 0 saturated heterocycles. The van der Waals surface area contributed by atoms with E-state index in [1.807, 2.05) is 18.3 Å². The van der Waals surface area contributed by atoms with E-state index in [4.69, 9.17) is 0 Å². The molecular formula is C10H10N6O. The number of fused-ring (bicyclic) bond motifs is 1. The number of anilines is 1. The van der Waals surface area contributed by atoms with Crippen LogP contribution in [0.3, 0.4) is 0 Å².